The van der Waals surface area contributed by atoms with Crippen molar-refractivity contribution in [3.05, 3.63) is 48.8 Å². The molecule has 0 amide bonds. The molecular weight excluding hydrogens is 148 g/mol. The van der Waals surface area contributed by atoms with Crippen LogP contribution in [0.4, 0.5) is 0 Å². The molecule has 1 aromatic heterocycles. The SMILES string of the molecule is C=Cc1cccnc1[C@H](N)C=C. The summed E-state index contributed by atoms with van der Waals surface area (Å²) < 4.78 is 0. The Kier molecular flexibility index (Phi) is 2.77. The van der Waals surface area contributed by atoms with Crippen molar-refractivity contribution in [2.45, 2.75) is 6.04 Å². The third-order valence-electron chi connectivity index (χ3n) is 1.66. The van der Waals surface area contributed by atoms with Crippen molar-refractivity contribution in [2.24, 2.45) is 5.73 Å². The molecule has 0 aliphatic rings. The maximum absolute atomic E-state index is 5.74. The number of nitrogens with two attached hydrogens (primary N) is 1. The highest BCUT2D eigenvalue weighted by atomic mass is 14.8. The van der Waals surface area contributed by atoms with Gasteiger partial charge in [0.15, 0.2) is 0 Å². The Balaban J connectivity index is 3.12. The second-order valence-electron chi connectivity index (χ2n) is 2.44. The summed E-state index contributed by atoms with van der Waals surface area (Å²) in [4.78, 5) is 4.15. The first kappa shape index (κ1) is 8.68. The molecule has 1 rings (SSSR count). The molecular formula is C10H12N2. The molecule has 62 valence electrons. The fourth-order valence-electron chi connectivity index (χ4n) is 0.993. The Morgan fingerprint density at radius 3 is 2.83 bits per heavy atom. The predicted octanol–water partition coefficient (Wildman–Crippen LogP) is 1.91. The van der Waals surface area contributed by atoms with Crippen molar-refractivity contribution in [1.29, 1.82) is 0 Å². The molecule has 1 atom stereocenters. The summed E-state index contributed by atoms with van der Waals surface area (Å²) in [6, 6.07) is 3.58. The van der Waals surface area contributed by atoms with E-state index in [0.29, 0.717) is 0 Å². The van der Waals surface area contributed by atoms with Crippen molar-refractivity contribution < 1.29 is 0 Å². The zero-order valence-corrected chi connectivity index (χ0v) is 6.90. The van der Waals surface area contributed by atoms with Gasteiger partial charge in [-0.25, -0.2) is 0 Å². The van der Waals surface area contributed by atoms with Crippen LogP contribution in [0.1, 0.15) is 17.3 Å². The van der Waals surface area contributed by atoms with Crippen LogP contribution in [0.2, 0.25) is 0 Å². The van der Waals surface area contributed by atoms with E-state index in [1.165, 1.54) is 0 Å². The molecule has 0 saturated carbocycles. The van der Waals surface area contributed by atoms with Crippen LogP contribution in [0.15, 0.2) is 37.6 Å². The molecule has 0 aromatic carbocycles. The Labute approximate surface area is 72.4 Å². The quantitative estimate of drug-likeness (QED) is 0.686. The minimum atomic E-state index is -0.209. The van der Waals surface area contributed by atoms with Crippen LogP contribution in [0.25, 0.3) is 6.08 Å². The lowest BCUT2D eigenvalue weighted by Crippen LogP contribution is -2.10. The molecule has 1 heterocycles. The number of hydrogen-bond donors (Lipinski definition) is 1. The normalized spacial score (nSPS) is 12.1. The van der Waals surface area contributed by atoms with Gasteiger partial charge >= 0.3 is 0 Å². The van der Waals surface area contributed by atoms with E-state index in [1.54, 1.807) is 18.3 Å². The van der Waals surface area contributed by atoms with Gasteiger partial charge in [0.25, 0.3) is 0 Å². The van der Waals surface area contributed by atoms with Gasteiger partial charge in [0.2, 0.25) is 0 Å². The number of rotatable bonds is 3. The molecule has 0 unspecified atom stereocenters. The molecule has 0 aliphatic heterocycles. The molecule has 0 fully saturated rings. The van der Waals surface area contributed by atoms with Crippen molar-refractivity contribution in [3.63, 3.8) is 0 Å². The van der Waals surface area contributed by atoms with E-state index >= 15 is 0 Å². The molecule has 2 heteroatoms. The maximum atomic E-state index is 5.74. The largest absolute Gasteiger partial charge is 0.319 e. The van der Waals surface area contributed by atoms with E-state index in [2.05, 4.69) is 18.1 Å². The molecule has 0 radical (unpaired) electrons. The minimum absolute atomic E-state index is 0.209. The minimum Gasteiger partial charge on any atom is -0.319 e. The number of hydrogen-bond acceptors (Lipinski definition) is 2. The molecule has 0 spiro atoms. The van der Waals surface area contributed by atoms with Gasteiger partial charge < -0.3 is 5.73 Å². The molecule has 1 aromatic rings. The van der Waals surface area contributed by atoms with Gasteiger partial charge in [-0.1, -0.05) is 24.8 Å². The van der Waals surface area contributed by atoms with Crippen LogP contribution in [-0.2, 0) is 0 Å². The highest BCUT2D eigenvalue weighted by Crippen LogP contribution is 2.14. The van der Waals surface area contributed by atoms with Gasteiger partial charge in [0.05, 0.1) is 11.7 Å². The lowest BCUT2D eigenvalue weighted by molar-refractivity contribution is 0.861. The number of aromatic nitrogens is 1. The standard InChI is InChI=1S/C10H12N2/c1-3-8-6-5-7-12-10(8)9(11)4-2/h3-7,9H,1-2,11H2/t9-/m1/s1. The highest BCUT2D eigenvalue weighted by Gasteiger charge is 2.05. The van der Waals surface area contributed by atoms with E-state index in [9.17, 15) is 0 Å². The van der Waals surface area contributed by atoms with Crippen molar-refractivity contribution >= 4 is 6.08 Å². The average Bonchev–Trinajstić information content (AvgIpc) is 2.16. The van der Waals surface area contributed by atoms with E-state index in [1.807, 2.05) is 12.1 Å². The lowest BCUT2D eigenvalue weighted by Gasteiger charge is -2.07. The summed E-state index contributed by atoms with van der Waals surface area (Å²) in [6.45, 7) is 7.29. The van der Waals surface area contributed by atoms with Crippen LogP contribution < -0.4 is 5.73 Å². The molecule has 0 bridgehead atoms. The van der Waals surface area contributed by atoms with E-state index in [-0.39, 0.29) is 6.04 Å². The average molecular weight is 160 g/mol. The molecule has 0 saturated heterocycles. The van der Waals surface area contributed by atoms with Crippen LogP contribution in [0.3, 0.4) is 0 Å². The second kappa shape index (κ2) is 3.83. The zero-order chi connectivity index (χ0) is 8.97. The molecule has 12 heavy (non-hydrogen) atoms. The maximum Gasteiger partial charge on any atom is 0.0682 e. The van der Waals surface area contributed by atoms with E-state index in [0.717, 1.165) is 11.3 Å². The first-order chi connectivity index (χ1) is 5.79. The third kappa shape index (κ3) is 1.60. The van der Waals surface area contributed by atoms with Gasteiger partial charge in [0.1, 0.15) is 0 Å². The summed E-state index contributed by atoms with van der Waals surface area (Å²) in [6.07, 6.45) is 5.12. The second-order valence-corrected chi connectivity index (χ2v) is 2.44. The molecule has 2 N–H and O–H groups in total. The van der Waals surface area contributed by atoms with Crippen molar-refractivity contribution in [1.82, 2.24) is 4.98 Å². The third-order valence-corrected chi connectivity index (χ3v) is 1.66. The Hall–Kier alpha value is -1.41. The van der Waals surface area contributed by atoms with E-state index < -0.39 is 0 Å². The Morgan fingerprint density at radius 2 is 2.25 bits per heavy atom. The summed E-state index contributed by atoms with van der Waals surface area (Å²) in [7, 11) is 0. The summed E-state index contributed by atoms with van der Waals surface area (Å²) in [5.41, 5.74) is 7.53. The summed E-state index contributed by atoms with van der Waals surface area (Å²) in [5, 5.41) is 0. The fourth-order valence-corrected chi connectivity index (χ4v) is 0.993. The zero-order valence-electron chi connectivity index (χ0n) is 6.90. The summed E-state index contributed by atoms with van der Waals surface area (Å²) >= 11 is 0. The van der Waals surface area contributed by atoms with Gasteiger partial charge in [-0.15, -0.1) is 6.58 Å². The van der Waals surface area contributed by atoms with Crippen LogP contribution in [-0.4, -0.2) is 4.98 Å². The fraction of sp³-hybridized carbons (Fsp3) is 0.100. The Bertz CT molecular complexity index is 292. The first-order valence-electron chi connectivity index (χ1n) is 3.75. The van der Waals surface area contributed by atoms with Crippen LogP contribution in [0, 0.1) is 0 Å². The number of nitrogens with zero attached hydrogens (tertiary/aromatic N) is 1. The molecule has 0 aliphatic carbocycles. The lowest BCUT2D eigenvalue weighted by atomic mass is 10.1. The smallest absolute Gasteiger partial charge is 0.0682 e. The van der Waals surface area contributed by atoms with Gasteiger partial charge in [-0.05, 0) is 11.6 Å². The topological polar surface area (TPSA) is 38.9 Å². The van der Waals surface area contributed by atoms with Crippen molar-refractivity contribution in [2.75, 3.05) is 0 Å². The van der Waals surface area contributed by atoms with E-state index in [4.69, 9.17) is 5.73 Å². The van der Waals surface area contributed by atoms with Crippen LogP contribution >= 0.6 is 0 Å². The van der Waals surface area contributed by atoms with Crippen LogP contribution in [0.5, 0.6) is 0 Å². The monoisotopic (exact) mass is 160 g/mol. The van der Waals surface area contributed by atoms with Gasteiger partial charge in [-0.2, -0.15) is 0 Å². The predicted molar refractivity (Wildman–Crippen MR) is 51.5 cm³/mol. The van der Waals surface area contributed by atoms with Crippen molar-refractivity contribution in [3.8, 4) is 0 Å². The Morgan fingerprint density at radius 1 is 1.50 bits per heavy atom. The summed E-state index contributed by atoms with van der Waals surface area (Å²) in [5.74, 6) is 0. The van der Waals surface area contributed by atoms with Gasteiger partial charge in [0, 0.05) is 6.20 Å². The van der Waals surface area contributed by atoms with Gasteiger partial charge in [-0.3, -0.25) is 4.98 Å². The first-order valence-corrected chi connectivity index (χ1v) is 3.75. The number of pyridine rings is 1. The molecule has 2 nitrogen and oxygen atoms in total. The highest BCUT2D eigenvalue weighted by molar-refractivity contribution is 5.50.